The molecule has 0 aromatic carbocycles. The molecule has 0 saturated carbocycles. The van der Waals surface area contributed by atoms with Crippen LogP contribution in [-0.4, -0.2) is 24.8 Å². The topological polar surface area (TPSA) is 15.6 Å². The Labute approximate surface area is 56.9 Å². The SMILES string of the molecule is C/C=C\N=C(C)N(C)C. The van der Waals surface area contributed by atoms with Crippen molar-refractivity contribution in [3.05, 3.63) is 12.3 Å². The van der Waals surface area contributed by atoms with Gasteiger partial charge in [0.2, 0.25) is 0 Å². The molecule has 0 radical (unpaired) electrons. The smallest absolute Gasteiger partial charge is 0.100 e. The van der Waals surface area contributed by atoms with Gasteiger partial charge in [-0.25, -0.2) is 4.99 Å². The number of rotatable bonds is 1. The van der Waals surface area contributed by atoms with Gasteiger partial charge in [0.1, 0.15) is 5.84 Å². The molecule has 2 nitrogen and oxygen atoms in total. The lowest BCUT2D eigenvalue weighted by molar-refractivity contribution is 0.618. The van der Waals surface area contributed by atoms with Crippen LogP contribution >= 0.6 is 0 Å². The van der Waals surface area contributed by atoms with Crippen molar-refractivity contribution in [3.63, 3.8) is 0 Å². The van der Waals surface area contributed by atoms with Gasteiger partial charge in [-0.15, -0.1) is 0 Å². The molecule has 0 heterocycles. The first-order valence-electron chi connectivity index (χ1n) is 3.01. The summed E-state index contributed by atoms with van der Waals surface area (Å²) in [5, 5.41) is 0. The molecular weight excluding hydrogens is 112 g/mol. The molecule has 0 fully saturated rings. The van der Waals surface area contributed by atoms with Crippen molar-refractivity contribution in [3.8, 4) is 0 Å². The van der Waals surface area contributed by atoms with E-state index in [4.69, 9.17) is 0 Å². The van der Waals surface area contributed by atoms with Crippen molar-refractivity contribution in [2.75, 3.05) is 14.1 Å². The Hall–Kier alpha value is -0.790. The monoisotopic (exact) mass is 126 g/mol. The largest absolute Gasteiger partial charge is 0.366 e. The third kappa shape index (κ3) is 3.76. The van der Waals surface area contributed by atoms with Gasteiger partial charge in [0.15, 0.2) is 0 Å². The summed E-state index contributed by atoms with van der Waals surface area (Å²) in [7, 11) is 3.95. The fraction of sp³-hybridized carbons (Fsp3) is 0.571. The van der Waals surface area contributed by atoms with Gasteiger partial charge in [0, 0.05) is 20.3 Å². The Morgan fingerprint density at radius 1 is 1.44 bits per heavy atom. The van der Waals surface area contributed by atoms with Crippen LogP contribution in [0.5, 0.6) is 0 Å². The second kappa shape index (κ2) is 4.13. The van der Waals surface area contributed by atoms with Crippen LogP contribution in [0.25, 0.3) is 0 Å². The van der Waals surface area contributed by atoms with E-state index in [1.165, 1.54) is 0 Å². The lowest BCUT2D eigenvalue weighted by Gasteiger charge is -2.08. The zero-order valence-electron chi connectivity index (χ0n) is 6.55. The summed E-state index contributed by atoms with van der Waals surface area (Å²) in [4.78, 5) is 6.08. The third-order valence-corrected chi connectivity index (χ3v) is 1.06. The predicted octanol–water partition coefficient (Wildman–Crippen LogP) is 1.50. The van der Waals surface area contributed by atoms with Gasteiger partial charge in [-0.2, -0.15) is 0 Å². The minimum absolute atomic E-state index is 1.02. The van der Waals surface area contributed by atoms with Crippen LogP contribution in [0.4, 0.5) is 0 Å². The second-order valence-corrected chi connectivity index (χ2v) is 2.05. The average molecular weight is 126 g/mol. The molecule has 0 amide bonds. The average Bonchev–Trinajstić information content (AvgIpc) is 1.82. The Bertz CT molecular complexity index is 123. The molecule has 0 atom stereocenters. The zero-order chi connectivity index (χ0) is 7.28. The molecule has 52 valence electrons. The van der Waals surface area contributed by atoms with E-state index in [-0.39, 0.29) is 0 Å². The van der Waals surface area contributed by atoms with E-state index < -0.39 is 0 Å². The van der Waals surface area contributed by atoms with Gasteiger partial charge in [0.25, 0.3) is 0 Å². The summed E-state index contributed by atoms with van der Waals surface area (Å²) < 4.78 is 0. The van der Waals surface area contributed by atoms with Gasteiger partial charge in [0.05, 0.1) is 0 Å². The van der Waals surface area contributed by atoms with E-state index in [0.717, 1.165) is 5.84 Å². The summed E-state index contributed by atoms with van der Waals surface area (Å²) >= 11 is 0. The van der Waals surface area contributed by atoms with Gasteiger partial charge < -0.3 is 4.90 Å². The van der Waals surface area contributed by atoms with Crippen molar-refractivity contribution in [1.29, 1.82) is 0 Å². The maximum absolute atomic E-state index is 4.10. The molecule has 0 N–H and O–H groups in total. The van der Waals surface area contributed by atoms with Crippen molar-refractivity contribution >= 4 is 5.84 Å². The molecule has 0 spiro atoms. The van der Waals surface area contributed by atoms with Crippen LogP contribution < -0.4 is 0 Å². The molecule has 0 aliphatic carbocycles. The summed E-state index contributed by atoms with van der Waals surface area (Å²) in [6.45, 7) is 3.92. The first kappa shape index (κ1) is 8.21. The first-order valence-corrected chi connectivity index (χ1v) is 3.01. The van der Waals surface area contributed by atoms with Crippen molar-refractivity contribution < 1.29 is 0 Å². The van der Waals surface area contributed by atoms with Gasteiger partial charge in [-0.3, -0.25) is 0 Å². The molecule has 9 heavy (non-hydrogen) atoms. The molecule has 0 unspecified atom stereocenters. The van der Waals surface area contributed by atoms with E-state index in [1.54, 1.807) is 6.20 Å². The summed E-state index contributed by atoms with van der Waals surface area (Å²) in [6.07, 6.45) is 3.70. The molecule has 0 bridgehead atoms. The fourth-order valence-electron chi connectivity index (χ4n) is 0.298. The molecule has 2 heteroatoms. The van der Waals surface area contributed by atoms with Crippen LogP contribution in [0.15, 0.2) is 17.3 Å². The van der Waals surface area contributed by atoms with Gasteiger partial charge in [-0.1, -0.05) is 6.08 Å². The van der Waals surface area contributed by atoms with Crippen molar-refractivity contribution in [2.24, 2.45) is 4.99 Å². The Balaban J connectivity index is 3.84. The van der Waals surface area contributed by atoms with Crippen LogP contribution in [-0.2, 0) is 0 Å². The van der Waals surface area contributed by atoms with Crippen LogP contribution in [0.3, 0.4) is 0 Å². The molecule has 0 aromatic rings. The summed E-state index contributed by atoms with van der Waals surface area (Å²) in [5.74, 6) is 1.02. The lowest BCUT2D eigenvalue weighted by Crippen LogP contribution is -2.17. The number of hydrogen-bond donors (Lipinski definition) is 0. The third-order valence-electron chi connectivity index (χ3n) is 1.06. The quantitative estimate of drug-likeness (QED) is 0.384. The van der Waals surface area contributed by atoms with E-state index >= 15 is 0 Å². The standard InChI is InChI=1S/C7H14N2/c1-5-6-8-7(2)9(3)4/h5-6H,1-4H3/b6-5-,8-7?. The highest BCUT2D eigenvalue weighted by molar-refractivity contribution is 5.79. The maximum atomic E-state index is 4.10. The number of aliphatic imine (C=N–C) groups is 1. The highest BCUT2D eigenvalue weighted by Gasteiger charge is 1.86. The van der Waals surface area contributed by atoms with E-state index in [1.807, 2.05) is 38.9 Å². The molecule has 0 rings (SSSR count). The summed E-state index contributed by atoms with van der Waals surface area (Å²) in [5.41, 5.74) is 0. The van der Waals surface area contributed by atoms with E-state index in [2.05, 4.69) is 4.99 Å². The second-order valence-electron chi connectivity index (χ2n) is 2.05. The first-order chi connectivity index (χ1) is 4.18. The van der Waals surface area contributed by atoms with Crippen molar-refractivity contribution in [1.82, 2.24) is 4.90 Å². The lowest BCUT2D eigenvalue weighted by atomic mass is 10.6. The molecule has 0 aliphatic rings. The Morgan fingerprint density at radius 2 is 2.00 bits per heavy atom. The van der Waals surface area contributed by atoms with Crippen LogP contribution in [0.2, 0.25) is 0 Å². The Kier molecular flexibility index (Phi) is 3.76. The summed E-state index contributed by atoms with van der Waals surface area (Å²) in [6, 6.07) is 0. The molecule has 0 aromatic heterocycles. The van der Waals surface area contributed by atoms with Gasteiger partial charge in [-0.05, 0) is 13.8 Å². The number of nitrogens with zero attached hydrogens (tertiary/aromatic N) is 2. The Morgan fingerprint density at radius 3 is 2.33 bits per heavy atom. The molecular formula is C7H14N2. The predicted molar refractivity (Wildman–Crippen MR) is 41.6 cm³/mol. The number of allylic oxidation sites excluding steroid dienone is 1. The van der Waals surface area contributed by atoms with Crippen molar-refractivity contribution in [2.45, 2.75) is 13.8 Å². The number of amidine groups is 1. The highest BCUT2D eigenvalue weighted by atomic mass is 15.1. The zero-order valence-corrected chi connectivity index (χ0v) is 6.55. The van der Waals surface area contributed by atoms with E-state index in [0.29, 0.717) is 0 Å². The van der Waals surface area contributed by atoms with Crippen LogP contribution in [0, 0.1) is 0 Å². The van der Waals surface area contributed by atoms with Crippen LogP contribution in [0.1, 0.15) is 13.8 Å². The number of hydrogen-bond acceptors (Lipinski definition) is 1. The van der Waals surface area contributed by atoms with Gasteiger partial charge >= 0.3 is 0 Å². The maximum Gasteiger partial charge on any atom is 0.100 e. The highest BCUT2D eigenvalue weighted by Crippen LogP contribution is 1.82. The minimum atomic E-state index is 1.02. The normalized spacial score (nSPS) is 12.7. The minimum Gasteiger partial charge on any atom is -0.366 e. The van der Waals surface area contributed by atoms with E-state index in [9.17, 15) is 0 Å². The molecule has 0 aliphatic heterocycles. The fourth-order valence-corrected chi connectivity index (χ4v) is 0.298. The molecule has 0 saturated heterocycles.